The Balaban J connectivity index is 2.04. The Kier molecular flexibility index (Phi) is 4.27. The molecule has 104 valence electrons. The number of aromatic nitrogens is 1. The molecule has 0 bridgehead atoms. The minimum Gasteiger partial charge on any atom is -0.397 e. The molecule has 19 heavy (non-hydrogen) atoms. The third-order valence-electron chi connectivity index (χ3n) is 3.46. The van der Waals surface area contributed by atoms with Crippen molar-refractivity contribution >= 4 is 23.2 Å². The maximum absolute atomic E-state index is 12.3. The van der Waals surface area contributed by atoms with Gasteiger partial charge in [-0.2, -0.15) is 0 Å². The van der Waals surface area contributed by atoms with E-state index in [0.717, 1.165) is 26.1 Å². The predicted molar refractivity (Wildman–Crippen MR) is 76.2 cm³/mol. The lowest BCUT2D eigenvalue weighted by atomic mass is 10.1. The van der Waals surface area contributed by atoms with Crippen molar-refractivity contribution in [2.75, 3.05) is 39.5 Å². The first-order valence-electron chi connectivity index (χ1n) is 6.32. The van der Waals surface area contributed by atoms with Gasteiger partial charge in [0.1, 0.15) is 5.15 Å². The van der Waals surface area contributed by atoms with E-state index in [2.05, 4.69) is 16.9 Å². The molecule has 1 aliphatic heterocycles. The second-order valence-electron chi connectivity index (χ2n) is 5.21. The molecule has 0 aromatic carbocycles. The summed E-state index contributed by atoms with van der Waals surface area (Å²) in [7, 11) is 3.89. The third kappa shape index (κ3) is 3.36. The van der Waals surface area contributed by atoms with Gasteiger partial charge in [0.25, 0.3) is 5.91 Å². The molecule has 0 spiro atoms. The zero-order valence-corrected chi connectivity index (χ0v) is 12.0. The van der Waals surface area contributed by atoms with Crippen molar-refractivity contribution < 1.29 is 4.79 Å². The number of anilines is 1. The number of pyridine rings is 1. The lowest BCUT2D eigenvalue weighted by molar-refractivity contribution is 0.0774. The van der Waals surface area contributed by atoms with Gasteiger partial charge in [-0.15, -0.1) is 0 Å². The number of amides is 1. The maximum atomic E-state index is 12.3. The Hall–Kier alpha value is -1.33. The lowest BCUT2D eigenvalue weighted by Crippen LogP contribution is -2.33. The monoisotopic (exact) mass is 282 g/mol. The summed E-state index contributed by atoms with van der Waals surface area (Å²) in [5, 5.41) is 0.203. The number of carbonyl (C=O) groups is 1. The van der Waals surface area contributed by atoms with Gasteiger partial charge in [-0.05, 0) is 32.0 Å². The van der Waals surface area contributed by atoms with Crippen LogP contribution < -0.4 is 5.73 Å². The number of hydrogen-bond donors (Lipinski definition) is 1. The quantitative estimate of drug-likeness (QED) is 0.850. The summed E-state index contributed by atoms with van der Waals surface area (Å²) in [5.41, 5.74) is 6.47. The van der Waals surface area contributed by atoms with Crippen molar-refractivity contribution in [2.45, 2.75) is 6.42 Å². The molecule has 2 heterocycles. The van der Waals surface area contributed by atoms with Crippen molar-refractivity contribution in [3.8, 4) is 0 Å². The van der Waals surface area contributed by atoms with Crippen LogP contribution in [0.4, 0.5) is 5.69 Å². The van der Waals surface area contributed by atoms with Crippen molar-refractivity contribution in [3.05, 3.63) is 23.0 Å². The van der Waals surface area contributed by atoms with Gasteiger partial charge in [-0.1, -0.05) is 11.6 Å². The van der Waals surface area contributed by atoms with Crippen LogP contribution >= 0.6 is 11.6 Å². The topological polar surface area (TPSA) is 62.5 Å². The number of nitrogens with zero attached hydrogens (tertiary/aromatic N) is 3. The molecule has 5 nitrogen and oxygen atoms in total. The molecule has 0 radical (unpaired) electrons. The largest absolute Gasteiger partial charge is 0.397 e. The van der Waals surface area contributed by atoms with Crippen molar-refractivity contribution in [1.29, 1.82) is 0 Å². The van der Waals surface area contributed by atoms with Gasteiger partial charge in [-0.3, -0.25) is 4.79 Å². The second-order valence-corrected chi connectivity index (χ2v) is 5.57. The van der Waals surface area contributed by atoms with Crippen LogP contribution in [0.15, 0.2) is 12.3 Å². The summed E-state index contributed by atoms with van der Waals surface area (Å²) in [5.74, 6) is 0.395. The number of nitrogens with two attached hydrogens (primary N) is 1. The van der Waals surface area contributed by atoms with Crippen molar-refractivity contribution in [2.24, 2.45) is 5.92 Å². The van der Waals surface area contributed by atoms with Gasteiger partial charge in [-0.25, -0.2) is 4.98 Å². The molecule has 1 amide bonds. The number of hydrogen-bond acceptors (Lipinski definition) is 4. The first-order chi connectivity index (χ1) is 8.97. The first kappa shape index (κ1) is 14.1. The van der Waals surface area contributed by atoms with Crippen LogP contribution in [-0.2, 0) is 0 Å². The van der Waals surface area contributed by atoms with E-state index >= 15 is 0 Å². The Morgan fingerprint density at radius 2 is 2.42 bits per heavy atom. The van der Waals surface area contributed by atoms with Crippen LogP contribution in [0.25, 0.3) is 0 Å². The zero-order valence-electron chi connectivity index (χ0n) is 11.3. The average molecular weight is 283 g/mol. The van der Waals surface area contributed by atoms with Crippen LogP contribution in [0.3, 0.4) is 0 Å². The number of nitrogen functional groups attached to an aromatic ring is 1. The van der Waals surface area contributed by atoms with Gasteiger partial charge in [0.15, 0.2) is 0 Å². The van der Waals surface area contributed by atoms with E-state index in [1.165, 1.54) is 6.20 Å². The highest BCUT2D eigenvalue weighted by Gasteiger charge is 2.24. The number of likely N-dealkylation sites (tertiary alicyclic amines) is 1. The van der Waals surface area contributed by atoms with E-state index in [9.17, 15) is 4.79 Å². The van der Waals surface area contributed by atoms with E-state index < -0.39 is 0 Å². The number of rotatable bonds is 3. The molecule has 0 saturated carbocycles. The summed E-state index contributed by atoms with van der Waals surface area (Å²) in [6, 6.07) is 1.58. The standard InChI is InChI=1S/C13H19ClN4O/c1-17-4-3-9(7-17)8-18(2)13(19)11-5-10(15)6-16-12(11)14/h5-6,9H,3-4,7-8,15H2,1-2H3. The van der Waals surface area contributed by atoms with Gasteiger partial charge in [0.05, 0.1) is 17.4 Å². The Labute approximate surface area is 118 Å². The fourth-order valence-corrected chi connectivity index (χ4v) is 2.65. The molecule has 1 saturated heterocycles. The van der Waals surface area contributed by atoms with E-state index in [1.54, 1.807) is 18.0 Å². The predicted octanol–water partition coefficient (Wildman–Crippen LogP) is 1.34. The summed E-state index contributed by atoms with van der Waals surface area (Å²) < 4.78 is 0. The third-order valence-corrected chi connectivity index (χ3v) is 3.76. The molecule has 1 unspecified atom stereocenters. The molecule has 2 N–H and O–H groups in total. The van der Waals surface area contributed by atoms with E-state index in [4.69, 9.17) is 17.3 Å². The van der Waals surface area contributed by atoms with E-state index in [-0.39, 0.29) is 11.1 Å². The van der Waals surface area contributed by atoms with Crippen LogP contribution in [0.5, 0.6) is 0 Å². The highest BCUT2D eigenvalue weighted by atomic mass is 35.5. The van der Waals surface area contributed by atoms with Crippen LogP contribution in [0.1, 0.15) is 16.8 Å². The normalized spacial score (nSPS) is 19.6. The minimum atomic E-state index is -0.126. The fourth-order valence-electron chi connectivity index (χ4n) is 2.47. The lowest BCUT2D eigenvalue weighted by Gasteiger charge is -2.21. The summed E-state index contributed by atoms with van der Waals surface area (Å²) in [6.45, 7) is 2.85. The molecule has 0 aliphatic carbocycles. The van der Waals surface area contributed by atoms with E-state index in [1.807, 2.05) is 0 Å². The summed E-state index contributed by atoms with van der Waals surface area (Å²) in [6.07, 6.45) is 2.57. The molecular weight excluding hydrogens is 264 g/mol. The molecule has 1 atom stereocenters. The van der Waals surface area contributed by atoms with Crippen LogP contribution in [0.2, 0.25) is 5.15 Å². The first-order valence-corrected chi connectivity index (χ1v) is 6.70. The molecule has 6 heteroatoms. The van der Waals surface area contributed by atoms with Crippen LogP contribution in [0, 0.1) is 5.92 Å². The molecule has 1 aromatic heterocycles. The molecule has 1 aliphatic rings. The highest BCUT2D eigenvalue weighted by molar-refractivity contribution is 6.32. The summed E-state index contributed by atoms with van der Waals surface area (Å²) >= 11 is 5.95. The number of carbonyl (C=O) groups excluding carboxylic acids is 1. The second kappa shape index (κ2) is 5.75. The van der Waals surface area contributed by atoms with Crippen LogP contribution in [-0.4, -0.2) is 54.4 Å². The SMILES string of the molecule is CN1CCC(CN(C)C(=O)c2cc(N)cnc2Cl)C1. The Morgan fingerprint density at radius 1 is 1.68 bits per heavy atom. The molecule has 2 rings (SSSR count). The van der Waals surface area contributed by atoms with Gasteiger partial charge in [0, 0.05) is 20.1 Å². The summed E-state index contributed by atoms with van der Waals surface area (Å²) in [4.78, 5) is 20.2. The molecule has 1 fully saturated rings. The average Bonchev–Trinajstić information content (AvgIpc) is 2.77. The van der Waals surface area contributed by atoms with Crippen molar-refractivity contribution in [1.82, 2.24) is 14.8 Å². The molecular formula is C13H19ClN4O. The smallest absolute Gasteiger partial charge is 0.256 e. The minimum absolute atomic E-state index is 0.126. The van der Waals surface area contributed by atoms with E-state index in [0.29, 0.717) is 17.2 Å². The Bertz CT molecular complexity index is 480. The number of halogens is 1. The maximum Gasteiger partial charge on any atom is 0.256 e. The highest BCUT2D eigenvalue weighted by Crippen LogP contribution is 2.20. The Morgan fingerprint density at radius 3 is 3.05 bits per heavy atom. The van der Waals surface area contributed by atoms with Gasteiger partial charge in [0.2, 0.25) is 0 Å². The zero-order chi connectivity index (χ0) is 14.0. The van der Waals surface area contributed by atoms with Gasteiger partial charge >= 0.3 is 0 Å². The van der Waals surface area contributed by atoms with Crippen molar-refractivity contribution in [3.63, 3.8) is 0 Å². The fraction of sp³-hybridized carbons (Fsp3) is 0.538. The van der Waals surface area contributed by atoms with Gasteiger partial charge < -0.3 is 15.5 Å². The molecule has 1 aromatic rings.